The first-order valence-electron chi connectivity index (χ1n) is 12.9. The highest BCUT2D eigenvalue weighted by Gasteiger charge is 2.43. The van der Waals surface area contributed by atoms with Crippen LogP contribution in [0.25, 0.3) is 11.3 Å². The molecule has 0 saturated carbocycles. The van der Waals surface area contributed by atoms with Crippen LogP contribution >= 0.6 is 11.6 Å². The van der Waals surface area contributed by atoms with E-state index in [2.05, 4.69) is 0 Å². The minimum atomic E-state index is -1.05. The van der Waals surface area contributed by atoms with Gasteiger partial charge in [0, 0.05) is 24.7 Å². The number of ether oxygens (including phenoxy) is 2. The Kier molecular flexibility index (Phi) is 8.00. The first-order chi connectivity index (χ1) is 18.4. The highest BCUT2D eigenvalue weighted by atomic mass is 35.5. The number of hydrogen-bond acceptors (Lipinski definition) is 5. The van der Waals surface area contributed by atoms with Crippen LogP contribution < -0.4 is 4.74 Å². The molecule has 0 radical (unpaired) electrons. The summed E-state index contributed by atoms with van der Waals surface area (Å²) in [7, 11) is 0. The number of nitrogens with zero attached hydrogens (tertiary/aromatic N) is 2. The number of likely N-dealkylation sites (tertiary alicyclic amines) is 1. The van der Waals surface area contributed by atoms with Crippen molar-refractivity contribution in [3.63, 3.8) is 0 Å². The van der Waals surface area contributed by atoms with Crippen LogP contribution in [0.15, 0.2) is 65.1 Å². The molecular weight excluding hydrogens is 511 g/mol. The highest BCUT2D eigenvalue weighted by molar-refractivity contribution is 6.30. The van der Waals surface area contributed by atoms with Crippen molar-refractivity contribution < 1.29 is 27.9 Å². The number of carbonyl (C=O) groups excluding carboxylic acids is 2. The molecular formula is C29H30ClFN2O5. The summed E-state index contributed by atoms with van der Waals surface area (Å²) < 4.78 is 32.2. The minimum Gasteiger partial charge on any atom is -0.490 e. The second-order valence-corrected chi connectivity index (χ2v) is 10.2. The lowest BCUT2D eigenvalue weighted by molar-refractivity contribution is -0.153. The zero-order valence-electron chi connectivity index (χ0n) is 21.0. The molecule has 2 saturated heterocycles. The number of amides is 2. The molecule has 2 amide bonds. The largest absolute Gasteiger partial charge is 0.490 e. The lowest BCUT2D eigenvalue weighted by Crippen LogP contribution is -2.58. The van der Waals surface area contributed by atoms with Crippen LogP contribution in [0, 0.1) is 5.82 Å². The Morgan fingerprint density at radius 3 is 2.58 bits per heavy atom. The molecule has 200 valence electrons. The molecule has 0 aliphatic carbocycles. The van der Waals surface area contributed by atoms with E-state index in [0.717, 1.165) is 32.4 Å². The molecule has 0 N–H and O–H groups in total. The number of furan rings is 1. The van der Waals surface area contributed by atoms with Crippen LogP contribution in [0.4, 0.5) is 4.39 Å². The lowest BCUT2D eigenvalue weighted by atomic mass is 9.96. The van der Waals surface area contributed by atoms with Gasteiger partial charge in [0.2, 0.25) is 5.91 Å². The van der Waals surface area contributed by atoms with Gasteiger partial charge >= 0.3 is 0 Å². The van der Waals surface area contributed by atoms with Gasteiger partial charge in [0.25, 0.3) is 5.91 Å². The Hall–Kier alpha value is -3.36. The highest BCUT2D eigenvalue weighted by Crippen LogP contribution is 2.30. The third-order valence-corrected chi connectivity index (χ3v) is 7.21. The zero-order chi connectivity index (χ0) is 26.5. The fourth-order valence-electron chi connectivity index (χ4n) is 4.98. The number of benzene rings is 2. The Bertz CT molecular complexity index is 1290. The molecule has 2 fully saturated rings. The van der Waals surface area contributed by atoms with Crippen molar-refractivity contribution in [2.75, 3.05) is 39.4 Å². The Morgan fingerprint density at radius 1 is 0.974 bits per heavy atom. The van der Waals surface area contributed by atoms with Crippen molar-refractivity contribution in [1.82, 2.24) is 9.80 Å². The number of hydrogen-bond donors (Lipinski definition) is 0. The minimum absolute atomic E-state index is 0.0199. The average Bonchev–Trinajstić information content (AvgIpc) is 3.43. The summed E-state index contributed by atoms with van der Waals surface area (Å²) in [4.78, 5) is 30.2. The summed E-state index contributed by atoms with van der Waals surface area (Å²) in [5.41, 5.74) is -0.768. The van der Waals surface area contributed by atoms with Gasteiger partial charge in [-0.25, -0.2) is 4.39 Å². The lowest BCUT2D eigenvalue weighted by Gasteiger charge is -2.43. The summed E-state index contributed by atoms with van der Waals surface area (Å²) in [6.45, 7) is 2.21. The monoisotopic (exact) mass is 540 g/mol. The SMILES string of the molecule is O=C(CC1(COc2cccc(Cl)c2)CN(C(=O)c2ccc(-c3ccccc3F)o2)CCO1)N1CCCCC1. The van der Waals surface area contributed by atoms with Gasteiger partial charge in [-0.2, -0.15) is 0 Å². The maximum absolute atomic E-state index is 14.2. The number of piperidine rings is 1. The first-order valence-corrected chi connectivity index (χ1v) is 13.2. The molecule has 2 aromatic carbocycles. The molecule has 1 unspecified atom stereocenters. The third-order valence-electron chi connectivity index (χ3n) is 6.97. The van der Waals surface area contributed by atoms with Gasteiger partial charge in [-0.3, -0.25) is 9.59 Å². The van der Waals surface area contributed by atoms with Gasteiger partial charge in [-0.15, -0.1) is 0 Å². The summed E-state index contributed by atoms with van der Waals surface area (Å²) in [5, 5.41) is 0.533. The van der Waals surface area contributed by atoms with Gasteiger partial charge in [0.1, 0.15) is 29.5 Å². The second-order valence-electron chi connectivity index (χ2n) is 9.77. The smallest absolute Gasteiger partial charge is 0.289 e. The maximum Gasteiger partial charge on any atom is 0.289 e. The van der Waals surface area contributed by atoms with E-state index in [0.29, 0.717) is 17.3 Å². The molecule has 0 bridgehead atoms. The van der Waals surface area contributed by atoms with Crippen LogP contribution in [0.5, 0.6) is 5.75 Å². The van der Waals surface area contributed by atoms with E-state index in [1.165, 1.54) is 6.07 Å². The molecule has 3 aromatic rings. The summed E-state index contributed by atoms with van der Waals surface area (Å²) >= 11 is 6.12. The topological polar surface area (TPSA) is 72.2 Å². The van der Waals surface area contributed by atoms with Gasteiger partial charge in [-0.1, -0.05) is 29.8 Å². The van der Waals surface area contributed by atoms with Crippen LogP contribution in [-0.2, 0) is 9.53 Å². The second kappa shape index (κ2) is 11.6. The number of rotatable bonds is 7. The van der Waals surface area contributed by atoms with Gasteiger partial charge in [0.15, 0.2) is 5.76 Å². The summed E-state index contributed by atoms with van der Waals surface area (Å²) in [6, 6.07) is 16.4. The predicted molar refractivity (Wildman–Crippen MR) is 141 cm³/mol. The van der Waals surface area contributed by atoms with Gasteiger partial charge in [-0.05, 0) is 61.7 Å². The van der Waals surface area contributed by atoms with Gasteiger partial charge in [0.05, 0.1) is 25.1 Å². The molecule has 1 atom stereocenters. The van der Waals surface area contributed by atoms with Crippen molar-refractivity contribution in [2.24, 2.45) is 0 Å². The number of carbonyl (C=O) groups is 2. The van der Waals surface area contributed by atoms with E-state index in [-0.39, 0.29) is 55.1 Å². The molecule has 3 heterocycles. The van der Waals surface area contributed by atoms with E-state index < -0.39 is 11.4 Å². The maximum atomic E-state index is 14.2. The normalized spacial score (nSPS) is 19.8. The number of halogens is 2. The van der Waals surface area contributed by atoms with Crippen molar-refractivity contribution >= 4 is 23.4 Å². The van der Waals surface area contributed by atoms with Crippen molar-refractivity contribution in [3.8, 4) is 17.1 Å². The van der Waals surface area contributed by atoms with E-state index in [4.69, 9.17) is 25.5 Å². The molecule has 7 nitrogen and oxygen atoms in total. The Labute approximate surface area is 226 Å². The van der Waals surface area contributed by atoms with Gasteiger partial charge < -0.3 is 23.7 Å². The molecule has 9 heteroatoms. The van der Waals surface area contributed by atoms with E-state index in [9.17, 15) is 14.0 Å². The van der Waals surface area contributed by atoms with Crippen LogP contribution in [-0.4, -0.2) is 66.6 Å². The van der Waals surface area contributed by atoms with E-state index in [1.807, 2.05) is 4.90 Å². The quantitative estimate of drug-likeness (QED) is 0.399. The molecule has 2 aliphatic rings. The van der Waals surface area contributed by atoms with Crippen molar-refractivity contribution in [3.05, 3.63) is 77.3 Å². The van der Waals surface area contributed by atoms with Crippen molar-refractivity contribution in [2.45, 2.75) is 31.3 Å². The Morgan fingerprint density at radius 2 is 1.79 bits per heavy atom. The van der Waals surface area contributed by atoms with E-state index in [1.54, 1.807) is 59.5 Å². The van der Waals surface area contributed by atoms with E-state index >= 15 is 0 Å². The van der Waals surface area contributed by atoms with Crippen LogP contribution in [0.1, 0.15) is 36.2 Å². The molecule has 5 rings (SSSR count). The number of morpholine rings is 1. The summed E-state index contributed by atoms with van der Waals surface area (Å²) in [6.07, 6.45) is 3.15. The fourth-order valence-corrected chi connectivity index (χ4v) is 5.16. The standard InChI is InChI=1S/C29H30ClFN2O5/c30-21-7-6-8-22(17-21)36-20-29(18-27(34)32-13-4-1-5-14-32)19-33(15-16-37-29)28(35)26-12-11-25(38-26)23-9-2-3-10-24(23)31/h2-3,6-12,17H,1,4-5,13-16,18-20H2. The molecule has 38 heavy (non-hydrogen) atoms. The Balaban J connectivity index is 1.35. The predicted octanol–water partition coefficient (Wildman–Crippen LogP) is 5.43. The summed E-state index contributed by atoms with van der Waals surface area (Å²) in [5.74, 6) is 0.116. The van der Waals surface area contributed by atoms with Crippen LogP contribution in [0.2, 0.25) is 5.02 Å². The molecule has 1 aromatic heterocycles. The molecule has 2 aliphatic heterocycles. The first kappa shape index (κ1) is 26.3. The molecule has 0 spiro atoms. The third kappa shape index (κ3) is 6.03. The fraction of sp³-hybridized carbons (Fsp3) is 0.379. The van der Waals surface area contributed by atoms with Crippen LogP contribution in [0.3, 0.4) is 0 Å². The zero-order valence-corrected chi connectivity index (χ0v) is 21.8. The van der Waals surface area contributed by atoms with Crippen molar-refractivity contribution in [1.29, 1.82) is 0 Å². The average molecular weight is 541 g/mol.